The molecule has 0 bridgehead atoms. The van der Waals surface area contributed by atoms with E-state index in [-0.39, 0.29) is 18.0 Å². The van der Waals surface area contributed by atoms with E-state index in [0.717, 1.165) is 36.4 Å². The monoisotopic (exact) mass is 408 g/mol. The van der Waals surface area contributed by atoms with Crippen LogP contribution in [0.5, 0.6) is 11.5 Å². The van der Waals surface area contributed by atoms with Crippen molar-refractivity contribution in [3.8, 4) is 11.5 Å². The van der Waals surface area contributed by atoms with E-state index < -0.39 is 0 Å². The van der Waals surface area contributed by atoms with Crippen LogP contribution in [-0.2, 0) is 9.53 Å². The van der Waals surface area contributed by atoms with E-state index in [2.05, 4.69) is 29.2 Å². The summed E-state index contributed by atoms with van der Waals surface area (Å²) in [5, 5.41) is 0. The third-order valence-electron chi connectivity index (χ3n) is 6.25. The first-order chi connectivity index (χ1) is 14.8. The molecule has 2 aromatic rings. The van der Waals surface area contributed by atoms with Gasteiger partial charge in [-0.2, -0.15) is 0 Å². The highest BCUT2D eigenvalue weighted by atomic mass is 16.6. The van der Waals surface area contributed by atoms with Crippen molar-refractivity contribution in [1.29, 1.82) is 0 Å². The Morgan fingerprint density at radius 1 is 0.900 bits per heavy atom. The Labute approximate surface area is 177 Å². The third-order valence-corrected chi connectivity index (χ3v) is 6.25. The summed E-state index contributed by atoms with van der Waals surface area (Å²) in [6, 6.07) is 16.3. The number of carbonyl (C=O) groups is 1. The van der Waals surface area contributed by atoms with Crippen LogP contribution < -0.4 is 9.47 Å². The van der Waals surface area contributed by atoms with Gasteiger partial charge in [0.05, 0.1) is 13.2 Å². The summed E-state index contributed by atoms with van der Waals surface area (Å²) in [6.07, 6.45) is 2.10. The molecular weight excluding hydrogens is 380 g/mol. The number of ether oxygens (including phenoxy) is 3. The van der Waals surface area contributed by atoms with E-state index in [9.17, 15) is 4.79 Å². The van der Waals surface area contributed by atoms with Crippen LogP contribution in [0.15, 0.2) is 48.5 Å². The van der Waals surface area contributed by atoms with Crippen LogP contribution in [-0.4, -0.2) is 61.8 Å². The molecule has 6 nitrogen and oxygen atoms in total. The van der Waals surface area contributed by atoms with Crippen molar-refractivity contribution in [3.63, 3.8) is 0 Å². The molecule has 1 amide bonds. The molecule has 2 saturated heterocycles. The lowest BCUT2D eigenvalue weighted by Crippen LogP contribution is -2.47. The summed E-state index contributed by atoms with van der Waals surface area (Å²) in [5.41, 5.74) is 2.24. The molecule has 6 heteroatoms. The SMILES string of the molecule is O=C([C@@H](c1ccccc1)N1CCC[C@@H]1c1ccc2c(c1)OCCO2)N1CCOCC1. The number of hydrogen-bond donors (Lipinski definition) is 0. The van der Waals surface area contributed by atoms with Crippen molar-refractivity contribution in [2.45, 2.75) is 24.9 Å². The highest BCUT2D eigenvalue weighted by Gasteiger charge is 2.39. The van der Waals surface area contributed by atoms with E-state index in [0.29, 0.717) is 39.5 Å². The smallest absolute Gasteiger partial charge is 0.244 e. The van der Waals surface area contributed by atoms with E-state index in [1.54, 1.807) is 0 Å². The van der Waals surface area contributed by atoms with Gasteiger partial charge in [-0.25, -0.2) is 0 Å². The molecule has 3 aliphatic rings. The van der Waals surface area contributed by atoms with Crippen molar-refractivity contribution >= 4 is 5.91 Å². The molecule has 2 atom stereocenters. The zero-order valence-electron chi connectivity index (χ0n) is 17.2. The fourth-order valence-corrected chi connectivity index (χ4v) is 4.79. The van der Waals surface area contributed by atoms with Crippen LogP contribution in [0.4, 0.5) is 0 Å². The maximum atomic E-state index is 13.7. The maximum absolute atomic E-state index is 13.7. The van der Waals surface area contributed by atoms with Gasteiger partial charge in [0.25, 0.3) is 0 Å². The minimum atomic E-state index is -0.287. The summed E-state index contributed by atoms with van der Waals surface area (Å²) in [7, 11) is 0. The Morgan fingerprint density at radius 2 is 1.67 bits per heavy atom. The molecule has 0 aliphatic carbocycles. The molecule has 2 aromatic carbocycles. The van der Waals surface area contributed by atoms with Gasteiger partial charge in [-0.15, -0.1) is 0 Å². The van der Waals surface area contributed by atoms with Gasteiger partial charge in [-0.1, -0.05) is 36.4 Å². The van der Waals surface area contributed by atoms with E-state index in [1.165, 1.54) is 5.56 Å². The maximum Gasteiger partial charge on any atom is 0.244 e. The highest BCUT2D eigenvalue weighted by Crippen LogP contribution is 2.42. The molecule has 0 N–H and O–H groups in total. The average molecular weight is 408 g/mol. The quantitative estimate of drug-likeness (QED) is 0.778. The summed E-state index contributed by atoms with van der Waals surface area (Å²) >= 11 is 0. The number of rotatable bonds is 4. The Morgan fingerprint density at radius 3 is 2.47 bits per heavy atom. The predicted molar refractivity (Wildman–Crippen MR) is 113 cm³/mol. The molecule has 0 radical (unpaired) electrons. The summed E-state index contributed by atoms with van der Waals surface area (Å²) in [4.78, 5) is 18.0. The van der Waals surface area contributed by atoms with Crippen molar-refractivity contribution in [1.82, 2.24) is 9.80 Å². The number of nitrogens with zero attached hydrogens (tertiary/aromatic N) is 2. The van der Waals surface area contributed by atoms with E-state index in [4.69, 9.17) is 14.2 Å². The second kappa shape index (κ2) is 8.66. The zero-order chi connectivity index (χ0) is 20.3. The van der Waals surface area contributed by atoms with Gasteiger partial charge in [-0.3, -0.25) is 9.69 Å². The number of likely N-dealkylation sites (tertiary alicyclic amines) is 1. The van der Waals surface area contributed by atoms with Gasteiger partial charge in [0.1, 0.15) is 19.3 Å². The number of hydrogen-bond acceptors (Lipinski definition) is 5. The van der Waals surface area contributed by atoms with Gasteiger partial charge in [0.2, 0.25) is 5.91 Å². The second-order valence-electron chi connectivity index (χ2n) is 8.05. The Hall–Kier alpha value is -2.57. The molecule has 0 spiro atoms. The van der Waals surface area contributed by atoms with Crippen molar-refractivity contribution in [2.24, 2.45) is 0 Å². The van der Waals surface area contributed by atoms with Gasteiger partial charge >= 0.3 is 0 Å². The number of amides is 1. The van der Waals surface area contributed by atoms with Gasteiger partial charge in [0.15, 0.2) is 11.5 Å². The van der Waals surface area contributed by atoms with Crippen molar-refractivity contribution in [2.75, 3.05) is 46.1 Å². The Bertz CT molecular complexity index is 882. The molecule has 158 valence electrons. The van der Waals surface area contributed by atoms with Crippen LogP contribution in [0.3, 0.4) is 0 Å². The first kappa shape index (κ1) is 19.4. The minimum Gasteiger partial charge on any atom is -0.486 e. The number of fused-ring (bicyclic) bond motifs is 1. The predicted octanol–water partition coefficient (Wildman–Crippen LogP) is 3.19. The molecule has 0 aromatic heterocycles. The van der Waals surface area contributed by atoms with Gasteiger partial charge < -0.3 is 19.1 Å². The van der Waals surface area contributed by atoms with Crippen LogP contribution in [0, 0.1) is 0 Å². The van der Waals surface area contributed by atoms with Crippen LogP contribution >= 0.6 is 0 Å². The fourth-order valence-electron chi connectivity index (χ4n) is 4.79. The summed E-state index contributed by atoms with van der Waals surface area (Å²) in [5.74, 6) is 1.79. The second-order valence-corrected chi connectivity index (χ2v) is 8.05. The molecule has 3 aliphatic heterocycles. The fraction of sp³-hybridized carbons (Fsp3) is 0.458. The van der Waals surface area contributed by atoms with Crippen molar-refractivity contribution < 1.29 is 19.0 Å². The molecule has 5 rings (SSSR count). The first-order valence-electron chi connectivity index (χ1n) is 10.9. The van der Waals surface area contributed by atoms with E-state index in [1.807, 2.05) is 29.2 Å². The highest BCUT2D eigenvalue weighted by molar-refractivity contribution is 5.83. The van der Waals surface area contributed by atoms with Crippen LogP contribution in [0.25, 0.3) is 0 Å². The molecule has 2 fully saturated rings. The molecule has 30 heavy (non-hydrogen) atoms. The van der Waals surface area contributed by atoms with E-state index >= 15 is 0 Å². The Kier molecular flexibility index (Phi) is 5.60. The number of morpholine rings is 1. The molecule has 3 heterocycles. The first-order valence-corrected chi connectivity index (χ1v) is 10.9. The lowest BCUT2D eigenvalue weighted by atomic mass is 9.98. The standard InChI is InChI=1S/C24H28N2O4/c27-24(25-11-13-28-14-12-25)23(18-5-2-1-3-6-18)26-10-4-7-20(26)19-8-9-21-22(17-19)30-16-15-29-21/h1-3,5-6,8-9,17,20,23H,4,7,10-16H2/t20-,23-/m1/s1. The topological polar surface area (TPSA) is 51.2 Å². The number of benzene rings is 2. The van der Waals surface area contributed by atoms with Crippen LogP contribution in [0.1, 0.15) is 36.1 Å². The van der Waals surface area contributed by atoms with Crippen molar-refractivity contribution in [3.05, 3.63) is 59.7 Å². The summed E-state index contributed by atoms with van der Waals surface area (Å²) in [6.45, 7) is 4.60. The van der Waals surface area contributed by atoms with Gasteiger partial charge in [0, 0.05) is 19.1 Å². The lowest BCUT2D eigenvalue weighted by Gasteiger charge is -2.37. The zero-order valence-corrected chi connectivity index (χ0v) is 17.2. The molecular formula is C24H28N2O4. The average Bonchev–Trinajstić information content (AvgIpc) is 3.29. The van der Waals surface area contributed by atoms with Gasteiger partial charge in [-0.05, 0) is 42.6 Å². The minimum absolute atomic E-state index is 0.175. The lowest BCUT2D eigenvalue weighted by molar-refractivity contribution is -0.142. The van der Waals surface area contributed by atoms with Crippen LogP contribution in [0.2, 0.25) is 0 Å². The third kappa shape index (κ3) is 3.77. The normalized spacial score (nSPS) is 22.7. The molecule has 0 saturated carbocycles. The largest absolute Gasteiger partial charge is 0.486 e. The summed E-state index contributed by atoms with van der Waals surface area (Å²) < 4.78 is 17.0. The Balaban J connectivity index is 1.47. The number of carbonyl (C=O) groups excluding carboxylic acids is 1. The molecule has 0 unspecified atom stereocenters.